The van der Waals surface area contributed by atoms with Crippen molar-refractivity contribution in [1.29, 1.82) is 0 Å². The minimum atomic E-state index is -0.532. The topological polar surface area (TPSA) is 92.8 Å². The lowest BCUT2D eigenvalue weighted by molar-refractivity contribution is -0.138. The zero-order chi connectivity index (χ0) is 26.2. The number of nitrogens with one attached hydrogen (secondary N) is 2. The predicted octanol–water partition coefficient (Wildman–Crippen LogP) is 5.58. The quantitative estimate of drug-likeness (QED) is 0.421. The van der Waals surface area contributed by atoms with Gasteiger partial charge in [-0.15, -0.1) is 0 Å². The SMILES string of the molecule is COc1ccccc1[C@H]1CC(=O)C2=C(C1)NC(C)=C(C(=O)OCC1=CCN=C1)[C@H]2c1cccc2[nH]ccc12.[HH].[HH]. The maximum Gasteiger partial charge on any atom is 0.337 e. The van der Waals surface area contributed by atoms with Crippen molar-refractivity contribution in [2.24, 2.45) is 4.99 Å². The number of aromatic amines is 1. The molecule has 0 fully saturated rings. The number of esters is 1. The number of nitrogens with zero attached hydrogens (tertiary/aromatic N) is 1. The van der Waals surface area contributed by atoms with Crippen molar-refractivity contribution in [3.63, 3.8) is 0 Å². The van der Waals surface area contributed by atoms with E-state index >= 15 is 0 Å². The van der Waals surface area contributed by atoms with Crippen LogP contribution < -0.4 is 10.1 Å². The minimum absolute atomic E-state index is 0. The van der Waals surface area contributed by atoms with Crippen LogP contribution in [0.15, 0.2) is 93.9 Å². The third kappa shape index (κ3) is 4.14. The van der Waals surface area contributed by atoms with E-state index in [1.165, 1.54) is 0 Å². The molecule has 2 aromatic carbocycles. The number of Topliss-reactive ketones (excluding diaryl/α,β-unsaturated/α-hetero) is 1. The highest BCUT2D eigenvalue weighted by atomic mass is 16.5. The number of carbonyl (C=O) groups excluding carboxylic acids is 2. The third-order valence-electron chi connectivity index (χ3n) is 7.65. The van der Waals surface area contributed by atoms with E-state index in [1.807, 2.05) is 67.7 Å². The second-order valence-corrected chi connectivity index (χ2v) is 9.89. The largest absolute Gasteiger partial charge is 0.496 e. The molecule has 196 valence electrons. The summed E-state index contributed by atoms with van der Waals surface area (Å²) in [5.41, 5.74) is 6.42. The molecule has 0 saturated heterocycles. The Hall–Kier alpha value is -4.39. The number of methoxy groups -OCH3 is 1. The van der Waals surface area contributed by atoms with Gasteiger partial charge in [-0.2, -0.15) is 0 Å². The highest BCUT2D eigenvalue weighted by Crippen LogP contribution is 2.48. The van der Waals surface area contributed by atoms with Gasteiger partial charge in [0.25, 0.3) is 0 Å². The number of aliphatic imine (C=N–C) groups is 1. The Morgan fingerprint density at radius 2 is 1.95 bits per heavy atom. The summed E-state index contributed by atoms with van der Waals surface area (Å²) in [5, 5.41) is 4.42. The summed E-state index contributed by atoms with van der Waals surface area (Å²) in [6, 6.07) is 15.8. The van der Waals surface area contributed by atoms with Crippen LogP contribution in [0, 0.1) is 0 Å². The predicted molar refractivity (Wildman–Crippen MR) is 151 cm³/mol. The van der Waals surface area contributed by atoms with Crippen LogP contribution in [-0.2, 0) is 14.3 Å². The number of ether oxygens (including phenoxy) is 2. The van der Waals surface area contributed by atoms with Crippen molar-refractivity contribution in [2.45, 2.75) is 31.6 Å². The van der Waals surface area contributed by atoms with Crippen LogP contribution in [0.1, 0.15) is 45.6 Å². The second-order valence-electron chi connectivity index (χ2n) is 9.89. The first-order valence-corrected chi connectivity index (χ1v) is 12.8. The monoisotopic (exact) mass is 511 g/mol. The average molecular weight is 512 g/mol. The molecule has 1 aromatic heterocycles. The normalized spacial score (nSPS) is 20.9. The van der Waals surface area contributed by atoms with Gasteiger partial charge in [-0.05, 0) is 42.7 Å². The van der Waals surface area contributed by atoms with Crippen LogP contribution in [0.5, 0.6) is 5.75 Å². The molecular formula is C31H33N3O4. The van der Waals surface area contributed by atoms with Crippen LogP contribution >= 0.6 is 0 Å². The number of para-hydroxylation sites is 1. The number of allylic oxidation sites excluding steroid dienone is 3. The Morgan fingerprint density at radius 1 is 1.11 bits per heavy atom. The highest BCUT2D eigenvalue weighted by Gasteiger charge is 2.42. The number of rotatable bonds is 6. The number of fused-ring (bicyclic) bond motifs is 1. The van der Waals surface area contributed by atoms with Crippen LogP contribution in [0.25, 0.3) is 10.9 Å². The average Bonchev–Trinajstić information content (AvgIpc) is 3.63. The van der Waals surface area contributed by atoms with E-state index < -0.39 is 11.9 Å². The molecule has 2 atom stereocenters. The Balaban J connectivity index is 0.00000185. The molecule has 7 nitrogen and oxygen atoms in total. The molecule has 3 aromatic rings. The number of hydrogen-bond donors (Lipinski definition) is 2. The van der Waals surface area contributed by atoms with Crippen molar-refractivity contribution in [3.8, 4) is 5.75 Å². The minimum Gasteiger partial charge on any atom is -0.496 e. The Morgan fingerprint density at radius 3 is 2.76 bits per heavy atom. The number of hydrogen-bond acceptors (Lipinski definition) is 6. The summed E-state index contributed by atoms with van der Waals surface area (Å²) in [7, 11) is 1.65. The van der Waals surface area contributed by atoms with Gasteiger partial charge in [-0.3, -0.25) is 9.79 Å². The molecule has 2 N–H and O–H groups in total. The molecule has 1 aliphatic carbocycles. The molecule has 0 unspecified atom stereocenters. The zero-order valence-corrected chi connectivity index (χ0v) is 21.4. The van der Waals surface area contributed by atoms with E-state index in [0.717, 1.165) is 39.0 Å². The summed E-state index contributed by atoms with van der Waals surface area (Å²) in [6.45, 7) is 2.64. The number of H-pyrrole nitrogens is 1. The van der Waals surface area contributed by atoms with E-state index in [2.05, 4.69) is 15.3 Å². The molecule has 3 aliphatic rings. The van der Waals surface area contributed by atoms with Crippen LogP contribution in [0.4, 0.5) is 0 Å². The van der Waals surface area contributed by atoms with Gasteiger partial charge in [-0.1, -0.05) is 36.4 Å². The third-order valence-corrected chi connectivity index (χ3v) is 7.65. The van der Waals surface area contributed by atoms with Gasteiger partial charge in [-0.25, -0.2) is 4.79 Å². The van der Waals surface area contributed by atoms with Crippen molar-refractivity contribution in [3.05, 3.63) is 100 Å². The highest BCUT2D eigenvalue weighted by molar-refractivity contribution is 6.05. The Bertz CT molecular complexity index is 1580. The summed E-state index contributed by atoms with van der Waals surface area (Å²) < 4.78 is 11.4. The molecule has 0 saturated carbocycles. The van der Waals surface area contributed by atoms with Gasteiger partial charge >= 0.3 is 5.97 Å². The van der Waals surface area contributed by atoms with Crippen molar-refractivity contribution >= 4 is 28.9 Å². The van der Waals surface area contributed by atoms with Crippen LogP contribution in [0.2, 0.25) is 0 Å². The van der Waals surface area contributed by atoms with Gasteiger partial charge in [0.05, 0.1) is 19.2 Å². The maximum absolute atomic E-state index is 14.0. The summed E-state index contributed by atoms with van der Waals surface area (Å²) in [4.78, 5) is 35.0. The lowest BCUT2D eigenvalue weighted by Gasteiger charge is -2.37. The molecule has 3 heterocycles. The molecular weight excluding hydrogens is 478 g/mol. The van der Waals surface area contributed by atoms with Crippen molar-refractivity contribution in [1.82, 2.24) is 10.3 Å². The van der Waals surface area contributed by atoms with E-state index in [4.69, 9.17) is 9.47 Å². The second kappa shape index (κ2) is 9.82. The van der Waals surface area contributed by atoms with Gasteiger partial charge < -0.3 is 19.8 Å². The molecule has 0 amide bonds. The molecule has 6 rings (SSSR count). The molecule has 0 radical (unpaired) electrons. The first kappa shape index (κ1) is 24.0. The standard InChI is InChI=1S/C31H29N3O4.2H2/c1-18-28(31(36)38-17-19-10-12-32-16-19)29(23-7-5-8-24-22(23)11-13-33-24)30-25(34-18)14-20(15-26(30)35)21-6-3-4-9-27(21)37-2;;/h3-11,13,16,20,29,33-34H,12,14-15,17H2,1-2H3;2*1H/t20-,29-;;/m1../s1. The van der Waals surface area contributed by atoms with Gasteiger partial charge in [0.1, 0.15) is 12.4 Å². The zero-order valence-electron chi connectivity index (χ0n) is 21.4. The molecule has 0 spiro atoms. The summed E-state index contributed by atoms with van der Waals surface area (Å²) >= 11 is 0. The molecule has 2 aliphatic heterocycles. The first-order valence-electron chi connectivity index (χ1n) is 12.8. The Labute approximate surface area is 223 Å². The number of ketones is 1. The summed E-state index contributed by atoms with van der Waals surface area (Å²) in [5.74, 6) is -0.185. The van der Waals surface area contributed by atoms with Crippen molar-refractivity contribution < 1.29 is 21.9 Å². The van der Waals surface area contributed by atoms with Crippen molar-refractivity contribution in [2.75, 3.05) is 20.3 Å². The molecule has 7 heteroatoms. The Kier molecular flexibility index (Phi) is 6.19. The van der Waals surface area contributed by atoms with Gasteiger partial charge in [0.15, 0.2) is 5.78 Å². The lowest BCUT2D eigenvalue weighted by Crippen LogP contribution is -2.36. The fraction of sp³-hybridized carbons (Fsp3) is 0.258. The van der Waals surface area contributed by atoms with Gasteiger partial charge in [0, 0.05) is 67.0 Å². The van der Waals surface area contributed by atoms with E-state index in [0.29, 0.717) is 36.2 Å². The van der Waals surface area contributed by atoms with E-state index in [-0.39, 0.29) is 21.2 Å². The smallest absolute Gasteiger partial charge is 0.337 e. The number of aromatic nitrogens is 1. The fourth-order valence-corrected chi connectivity index (χ4v) is 5.92. The lowest BCUT2D eigenvalue weighted by atomic mass is 9.71. The van der Waals surface area contributed by atoms with E-state index in [9.17, 15) is 9.59 Å². The number of benzene rings is 2. The molecule has 0 bridgehead atoms. The molecule has 38 heavy (non-hydrogen) atoms. The van der Waals surface area contributed by atoms with Crippen LogP contribution in [-0.4, -0.2) is 43.2 Å². The maximum atomic E-state index is 14.0. The van der Waals surface area contributed by atoms with Crippen LogP contribution in [0.3, 0.4) is 0 Å². The van der Waals surface area contributed by atoms with E-state index in [1.54, 1.807) is 13.3 Å². The first-order chi connectivity index (χ1) is 18.5. The van der Waals surface area contributed by atoms with Gasteiger partial charge in [0.2, 0.25) is 0 Å². The number of dihydropyridines is 1. The fourth-order valence-electron chi connectivity index (χ4n) is 5.92. The number of carbonyl (C=O) groups is 2. The summed E-state index contributed by atoms with van der Waals surface area (Å²) in [6.07, 6.45) is 6.53.